The van der Waals surface area contributed by atoms with Crippen LogP contribution in [0.1, 0.15) is 29.7 Å². The first-order valence-electron chi connectivity index (χ1n) is 8.34. The fourth-order valence-electron chi connectivity index (χ4n) is 2.74. The van der Waals surface area contributed by atoms with Crippen molar-refractivity contribution < 1.29 is 19.0 Å². The third kappa shape index (κ3) is 4.57. The van der Waals surface area contributed by atoms with Crippen molar-refractivity contribution in [2.45, 2.75) is 19.9 Å². The lowest BCUT2D eigenvalue weighted by Crippen LogP contribution is -2.25. The zero-order chi connectivity index (χ0) is 19.1. The molecule has 2 aromatic rings. The van der Waals surface area contributed by atoms with Gasteiger partial charge in [-0.2, -0.15) is 0 Å². The molecule has 0 aliphatic carbocycles. The van der Waals surface area contributed by atoms with Gasteiger partial charge in [-0.25, -0.2) is 0 Å². The Balaban J connectivity index is 2.14. The predicted molar refractivity (Wildman–Crippen MR) is 103 cm³/mol. The van der Waals surface area contributed by atoms with Crippen molar-refractivity contribution in [2.24, 2.45) is 0 Å². The molecule has 2 aromatic carbocycles. The lowest BCUT2D eigenvalue weighted by molar-refractivity contribution is -0.117. The Morgan fingerprint density at radius 1 is 1.04 bits per heavy atom. The summed E-state index contributed by atoms with van der Waals surface area (Å²) in [5.41, 5.74) is 2.81. The third-order valence-electron chi connectivity index (χ3n) is 4.06. The second kappa shape index (κ2) is 8.94. The summed E-state index contributed by atoms with van der Waals surface area (Å²) in [6.45, 7) is 3.93. The Kier molecular flexibility index (Phi) is 6.67. The lowest BCUT2D eigenvalue weighted by atomic mass is 10.0. The molecule has 138 valence electrons. The molecule has 5 nitrogen and oxygen atoms in total. The van der Waals surface area contributed by atoms with Gasteiger partial charge in [-0.1, -0.05) is 29.8 Å². The van der Waals surface area contributed by atoms with Gasteiger partial charge in [0, 0.05) is 17.2 Å². The number of rotatable bonds is 7. The largest absolute Gasteiger partial charge is 0.496 e. The summed E-state index contributed by atoms with van der Waals surface area (Å²) in [5, 5.41) is 2.96. The molecule has 0 aliphatic rings. The Morgan fingerprint density at radius 3 is 2.42 bits per heavy atom. The summed E-state index contributed by atoms with van der Waals surface area (Å²) in [7, 11) is 4.77. The number of hydrogen-bond acceptors (Lipinski definition) is 4. The molecular formula is C21H25NO4. The highest BCUT2D eigenvalue weighted by Gasteiger charge is 2.13. The summed E-state index contributed by atoms with van der Waals surface area (Å²) in [4.78, 5) is 12.3. The number of carbonyl (C=O) groups excluding carboxylic acids is 1. The molecule has 0 aliphatic heterocycles. The average Bonchev–Trinajstić information content (AvgIpc) is 2.65. The van der Waals surface area contributed by atoms with E-state index in [1.54, 1.807) is 27.4 Å². The molecule has 0 aromatic heterocycles. The Hall–Kier alpha value is -2.95. The van der Waals surface area contributed by atoms with Crippen LogP contribution in [0.25, 0.3) is 6.08 Å². The summed E-state index contributed by atoms with van der Waals surface area (Å²) < 4.78 is 16.0. The van der Waals surface area contributed by atoms with E-state index in [9.17, 15) is 4.79 Å². The fourth-order valence-corrected chi connectivity index (χ4v) is 2.74. The van der Waals surface area contributed by atoms with Crippen molar-refractivity contribution in [3.63, 3.8) is 0 Å². The number of para-hydroxylation sites is 1. The first-order chi connectivity index (χ1) is 12.5. The molecule has 1 N–H and O–H groups in total. The number of aryl methyl sites for hydroxylation is 1. The number of methoxy groups -OCH3 is 3. The van der Waals surface area contributed by atoms with Crippen molar-refractivity contribution >= 4 is 12.0 Å². The van der Waals surface area contributed by atoms with Gasteiger partial charge in [-0.15, -0.1) is 0 Å². The zero-order valence-corrected chi connectivity index (χ0v) is 15.8. The van der Waals surface area contributed by atoms with Gasteiger partial charge in [-0.3, -0.25) is 4.79 Å². The number of benzene rings is 2. The molecular weight excluding hydrogens is 330 g/mol. The molecule has 0 fully saturated rings. The van der Waals surface area contributed by atoms with Crippen LogP contribution in [0.15, 0.2) is 42.5 Å². The van der Waals surface area contributed by atoms with Crippen LogP contribution in [-0.4, -0.2) is 27.2 Å². The van der Waals surface area contributed by atoms with E-state index in [0.717, 1.165) is 22.4 Å². The van der Waals surface area contributed by atoms with E-state index < -0.39 is 0 Å². The number of nitrogens with one attached hydrogen (secondary N) is 1. The standard InChI is InChI=1S/C21H25NO4/c1-14-9-11-18(24-3)17(13-14)15(2)22-20(23)12-10-16-7-6-8-19(25-4)21(16)26-5/h6-13,15H,1-5H3,(H,22,23)/b12-10+/t15-/m0/s1. The Morgan fingerprint density at radius 2 is 1.77 bits per heavy atom. The topological polar surface area (TPSA) is 56.8 Å². The molecule has 0 spiro atoms. The van der Waals surface area contributed by atoms with Gasteiger partial charge in [0.15, 0.2) is 11.5 Å². The van der Waals surface area contributed by atoms with Gasteiger partial charge in [0.05, 0.1) is 27.4 Å². The monoisotopic (exact) mass is 355 g/mol. The molecule has 0 heterocycles. The SMILES string of the molecule is COc1ccc(C)cc1[C@H](C)NC(=O)/C=C/c1cccc(OC)c1OC. The van der Waals surface area contributed by atoms with Crippen molar-refractivity contribution in [1.82, 2.24) is 5.32 Å². The highest BCUT2D eigenvalue weighted by molar-refractivity contribution is 5.92. The fraction of sp³-hybridized carbons (Fsp3) is 0.286. The molecule has 1 amide bonds. The first-order valence-corrected chi connectivity index (χ1v) is 8.34. The van der Waals surface area contributed by atoms with Crippen LogP contribution in [0.2, 0.25) is 0 Å². The van der Waals surface area contributed by atoms with E-state index in [-0.39, 0.29) is 11.9 Å². The van der Waals surface area contributed by atoms with Crippen LogP contribution < -0.4 is 19.5 Å². The molecule has 0 saturated carbocycles. The van der Waals surface area contributed by atoms with Gasteiger partial charge >= 0.3 is 0 Å². The van der Waals surface area contributed by atoms with E-state index in [1.165, 1.54) is 6.08 Å². The molecule has 5 heteroatoms. The Bertz CT molecular complexity index is 799. The average molecular weight is 355 g/mol. The first kappa shape index (κ1) is 19.4. The second-order valence-corrected chi connectivity index (χ2v) is 5.89. The smallest absolute Gasteiger partial charge is 0.244 e. The maximum atomic E-state index is 12.3. The van der Waals surface area contributed by atoms with Crippen molar-refractivity contribution in [3.05, 3.63) is 59.2 Å². The third-order valence-corrected chi connectivity index (χ3v) is 4.06. The molecule has 2 rings (SSSR count). The molecule has 0 unspecified atom stereocenters. The maximum absolute atomic E-state index is 12.3. The van der Waals surface area contributed by atoms with Crippen LogP contribution in [0.3, 0.4) is 0 Å². The quantitative estimate of drug-likeness (QED) is 0.765. The molecule has 0 bridgehead atoms. The van der Waals surface area contributed by atoms with Gasteiger partial charge in [0.1, 0.15) is 5.75 Å². The molecule has 0 radical (unpaired) electrons. The molecule has 1 atom stereocenters. The van der Waals surface area contributed by atoms with Crippen molar-refractivity contribution in [1.29, 1.82) is 0 Å². The number of ether oxygens (including phenoxy) is 3. The molecule has 0 saturated heterocycles. The van der Waals surface area contributed by atoms with Gasteiger partial charge < -0.3 is 19.5 Å². The minimum atomic E-state index is -0.203. The van der Waals surface area contributed by atoms with Gasteiger partial charge in [0.2, 0.25) is 5.91 Å². The van der Waals surface area contributed by atoms with Gasteiger partial charge in [-0.05, 0) is 32.1 Å². The van der Waals surface area contributed by atoms with Gasteiger partial charge in [0.25, 0.3) is 0 Å². The zero-order valence-electron chi connectivity index (χ0n) is 15.8. The predicted octanol–water partition coefficient (Wildman–Crippen LogP) is 3.91. The van der Waals surface area contributed by atoms with Crippen molar-refractivity contribution in [3.8, 4) is 17.2 Å². The number of amides is 1. The summed E-state index contributed by atoms with van der Waals surface area (Å²) >= 11 is 0. The summed E-state index contributed by atoms with van der Waals surface area (Å²) in [6, 6.07) is 11.2. The normalized spacial score (nSPS) is 11.9. The van der Waals surface area contributed by atoms with E-state index in [4.69, 9.17) is 14.2 Å². The number of carbonyl (C=O) groups is 1. The van der Waals surface area contributed by atoms with Crippen LogP contribution in [0.4, 0.5) is 0 Å². The summed E-state index contributed by atoms with van der Waals surface area (Å²) in [6.07, 6.45) is 3.19. The minimum absolute atomic E-state index is 0.186. The summed E-state index contributed by atoms with van der Waals surface area (Å²) in [5.74, 6) is 1.76. The number of hydrogen-bond donors (Lipinski definition) is 1. The second-order valence-electron chi connectivity index (χ2n) is 5.89. The van der Waals surface area contributed by atoms with E-state index >= 15 is 0 Å². The van der Waals surface area contributed by atoms with E-state index in [2.05, 4.69) is 5.32 Å². The van der Waals surface area contributed by atoms with E-state index in [0.29, 0.717) is 11.5 Å². The highest BCUT2D eigenvalue weighted by atomic mass is 16.5. The van der Waals surface area contributed by atoms with Crippen LogP contribution in [0.5, 0.6) is 17.2 Å². The van der Waals surface area contributed by atoms with Crippen LogP contribution in [-0.2, 0) is 4.79 Å². The highest BCUT2D eigenvalue weighted by Crippen LogP contribution is 2.31. The van der Waals surface area contributed by atoms with Crippen LogP contribution in [0, 0.1) is 6.92 Å². The Labute approximate surface area is 154 Å². The maximum Gasteiger partial charge on any atom is 0.244 e. The van der Waals surface area contributed by atoms with Crippen molar-refractivity contribution in [2.75, 3.05) is 21.3 Å². The molecule has 26 heavy (non-hydrogen) atoms. The lowest BCUT2D eigenvalue weighted by Gasteiger charge is -2.17. The van der Waals surface area contributed by atoms with E-state index in [1.807, 2.05) is 50.2 Å². The minimum Gasteiger partial charge on any atom is -0.496 e. The van der Waals surface area contributed by atoms with Crippen LogP contribution >= 0.6 is 0 Å².